The van der Waals surface area contributed by atoms with E-state index in [1.807, 2.05) is 0 Å². The summed E-state index contributed by atoms with van der Waals surface area (Å²) in [7, 11) is 0. The molecule has 1 aromatic carbocycles. The molecule has 0 radical (unpaired) electrons. The fourth-order valence-corrected chi connectivity index (χ4v) is 6.47. The topological polar surface area (TPSA) is 88.3 Å². The first-order chi connectivity index (χ1) is 17.0. The number of amides is 2. The van der Waals surface area contributed by atoms with E-state index in [2.05, 4.69) is 15.5 Å². The van der Waals surface area contributed by atoms with Gasteiger partial charge >= 0.3 is 12.6 Å². The lowest BCUT2D eigenvalue weighted by atomic mass is 9.34. The first-order valence-corrected chi connectivity index (χ1v) is 12.0. The summed E-state index contributed by atoms with van der Waals surface area (Å²) in [6, 6.07) is 4.24. The molecule has 1 aromatic heterocycles. The summed E-state index contributed by atoms with van der Waals surface area (Å²) in [4.78, 5) is 28.0. The molecular weight excluding hydrogens is 487 g/mol. The maximum Gasteiger partial charge on any atom is 0.394 e. The van der Waals surface area contributed by atoms with Crippen LogP contribution in [0.25, 0.3) is 11.5 Å². The molecule has 2 heterocycles. The zero-order valence-electron chi connectivity index (χ0n) is 19.1. The van der Waals surface area contributed by atoms with Gasteiger partial charge in [0.05, 0.1) is 16.9 Å². The largest absolute Gasteiger partial charge is 0.415 e. The Morgan fingerprint density at radius 1 is 1.14 bits per heavy atom. The second-order valence-corrected chi connectivity index (χ2v) is 10.6. The van der Waals surface area contributed by atoms with Gasteiger partial charge in [-0.1, -0.05) is 18.9 Å². The highest BCUT2D eigenvalue weighted by Crippen LogP contribution is 2.78. The smallest absolute Gasteiger partial charge is 0.394 e. The Kier molecular flexibility index (Phi) is 5.01. The van der Waals surface area contributed by atoms with Gasteiger partial charge in [-0.15, -0.1) is 10.2 Å². The van der Waals surface area contributed by atoms with Crippen molar-refractivity contribution in [2.45, 2.75) is 76.2 Å². The molecule has 5 aliphatic rings. The number of carbonyl (C=O) groups excluding carboxylic acids is 2. The maximum atomic E-state index is 13.4. The third-order valence-corrected chi connectivity index (χ3v) is 8.38. The third kappa shape index (κ3) is 3.36. The van der Waals surface area contributed by atoms with Crippen molar-refractivity contribution in [2.24, 2.45) is 10.8 Å². The van der Waals surface area contributed by atoms with Crippen LogP contribution in [0.4, 0.5) is 22.0 Å². The minimum Gasteiger partial charge on any atom is -0.415 e. The van der Waals surface area contributed by atoms with Crippen LogP contribution >= 0.6 is 0 Å². The van der Waals surface area contributed by atoms with Crippen molar-refractivity contribution >= 4 is 11.8 Å². The van der Waals surface area contributed by atoms with Gasteiger partial charge < -0.3 is 14.6 Å². The molecule has 2 bridgehead atoms. The van der Waals surface area contributed by atoms with Crippen LogP contribution in [-0.2, 0) is 11.3 Å². The van der Waals surface area contributed by atoms with Crippen molar-refractivity contribution in [3.63, 3.8) is 0 Å². The zero-order valence-corrected chi connectivity index (χ0v) is 19.1. The van der Waals surface area contributed by atoms with Gasteiger partial charge in [0.15, 0.2) is 0 Å². The Morgan fingerprint density at radius 2 is 1.86 bits per heavy atom. The number of benzene rings is 1. The predicted octanol–water partition coefficient (Wildman–Crippen LogP) is 4.79. The van der Waals surface area contributed by atoms with E-state index in [0.29, 0.717) is 30.5 Å². The second kappa shape index (κ2) is 7.72. The summed E-state index contributed by atoms with van der Waals surface area (Å²) in [6.45, 7) is 0.319. The van der Waals surface area contributed by atoms with Gasteiger partial charge in [-0.2, -0.15) is 22.0 Å². The fraction of sp³-hybridized carbons (Fsp3) is 0.583. The minimum atomic E-state index is -4.28. The molecule has 2 aromatic rings. The van der Waals surface area contributed by atoms with E-state index in [4.69, 9.17) is 4.42 Å². The van der Waals surface area contributed by atoms with Gasteiger partial charge in [0.25, 0.3) is 11.8 Å². The van der Waals surface area contributed by atoms with Crippen molar-refractivity contribution in [1.29, 1.82) is 0 Å². The van der Waals surface area contributed by atoms with Crippen LogP contribution in [0.1, 0.15) is 73.2 Å². The monoisotopic (exact) mass is 510 g/mol. The minimum absolute atomic E-state index is 0.114. The predicted molar refractivity (Wildman–Crippen MR) is 114 cm³/mol. The molecule has 1 aliphatic heterocycles. The van der Waals surface area contributed by atoms with E-state index in [-0.39, 0.29) is 49.1 Å². The molecule has 36 heavy (non-hydrogen) atoms. The Bertz CT molecular complexity index is 1220. The van der Waals surface area contributed by atoms with Crippen LogP contribution in [0.15, 0.2) is 22.6 Å². The zero-order chi connectivity index (χ0) is 25.5. The Morgan fingerprint density at radius 3 is 2.53 bits per heavy atom. The summed E-state index contributed by atoms with van der Waals surface area (Å²) in [6.07, 6.45) is -4.64. The highest BCUT2D eigenvalue weighted by atomic mass is 19.4. The van der Waals surface area contributed by atoms with E-state index in [0.717, 1.165) is 18.4 Å². The summed E-state index contributed by atoms with van der Waals surface area (Å²) >= 11 is 0. The first kappa shape index (κ1) is 23.4. The normalized spacial score (nSPS) is 31.2. The molecule has 1 N–H and O–H groups in total. The Hall–Kier alpha value is -3.05. The molecule has 192 valence electrons. The van der Waals surface area contributed by atoms with Gasteiger partial charge in [0.2, 0.25) is 11.8 Å². The number of alkyl halides is 5. The number of fused-ring (bicyclic) bond motifs is 1. The van der Waals surface area contributed by atoms with Gasteiger partial charge in [0.1, 0.15) is 0 Å². The summed E-state index contributed by atoms with van der Waals surface area (Å²) < 4.78 is 70.2. The lowest BCUT2D eigenvalue weighted by Crippen LogP contribution is -2.73. The SMILES string of the molecule is O=C1c2cc(-c3nnc(C(F)F)o3)ccc2CN1[C@@H]1CCCC[C@H]1NC(=O)C12CC(C(F)(F)F)(C1)C2. The molecule has 0 spiro atoms. The molecule has 2 atom stereocenters. The van der Waals surface area contributed by atoms with E-state index in [1.54, 1.807) is 17.0 Å². The van der Waals surface area contributed by atoms with Crippen molar-refractivity contribution in [3.8, 4) is 11.5 Å². The standard InChI is InChI=1S/C24H23F5N4O3/c25-17(26)19-32-31-18(36-19)12-5-6-13-8-33(20(34)14(13)7-12)16-4-2-1-3-15(16)30-21(35)22-9-23(10-22,11-22)24(27,28)29/h5-7,15-17H,1-4,8-11H2,(H,30,35)/t15-,16-,22?,23?/m1/s1. The van der Waals surface area contributed by atoms with Crippen LogP contribution in [-0.4, -0.2) is 45.2 Å². The van der Waals surface area contributed by atoms with Crippen molar-refractivity contribution in [3.05, 3.63) is 35.2 Å². The summed E-state index contributed by atoms with van der Waals surface area (Å²) in [5.41, 5.74) is -1.15. The van der Waals surface area contributed by atoms with Crippen LogP contribution in [0.2, 0.25) is 0 Å². The lowest BCUT2D eigenvalue weighted by Gasteiger charge is -2.69. The van der Waals surface area contributed by atoms with E-state index >= 15 is 0 Å². The number of nitrogens with zero attached hydrogens (tertiary/aromatic N) is 3. The molecule has 2 amide bonds. The molecule has 4 aliphatic carbocycles. The average molecular weight is 510 g/mol. The number of carbonyl (C=O) groups is 2. The molecule has 7 rings (SSSR count). The van der Waals surface area contributed by atoms with Gasteiger partial charge in [0, 0.05) is 23.7 Å². The van der Waals surface area contributed by atoms with Crippen molar-refractivity contribution in [1.82, 2.24) is 20.4 Å². The maximum absolute atomic E-state index is 13.4. The van der Waals surface area contributed by atoms with E-state index < -0.39 is 29.3 Å². The first-order valence-electron chi connectivity index (χ1n) is 12.0. The van der Waals surface area contributed by atoms with Crippen molar-refractivity contribution in [2.75, 3.05) is 0 Å². The molecule has 0 unspecified atom stereocenters. The highest BCUT2D eigenvalue weighted by molar-refractivity contribution is 5.99. The fourth-order valence-electron chi connectivity index (χ4n) is 6.47. The molecule has 7 nitrogen and oxygen atoms in total. The number of aromatic nitrogens is 2. The molecular formula is C24H23F5N4O3. The van der Waals surface area contributed by atoms with Crippen LogP contribution in [0, 0.1) is 10.8 Å². The molecule has 4 saturated carbocycles. The number of hydrogen-bond donors (Lipinski definition) is 1. The van der Waals surface area contributed by atoms with E-state index in [9.17, 15) is 31.5 Å². The average Bonchev–Trinajstić information content (AvgIpc) is 3.37. The van der Waals surface area contributed by atoms with Gasteiger partial charge in [-0.05, 0) is 49.8 Å². The number of halogens is 5. The quantitative estimate of drug-likeness (QED) is 0.585. The lowest BCUT2D eigenvalue weighted by molar-refractivity contribution is -0.351. The summed E-state index contributed by atoms with van der Waals surface area (Å²) in [5, 5.41) is 9.94. The van der Waals surface area contributed by atoms with Gasteiger partial charge in [-0.3, -0.25) is 9.59 Å². The van der Waals surface area contributed by atoms with E-state index in [1.165, 1.54) is 6.07 Å². The Labute approximate surface area is 202 Å². The Balaban J connectivity index is 1.17. The number of hydrogen-bond acceptors (Lipinski definition) is 5. The molecule has 4 fully saturated rings. The van der Waals surface area contributed by atoms with Crippen LogP contribution < -0.4 is 5.32 Å². The van der Waals surface area contributed by atoms with Crippen LogP contribution in [0.5, 0.6) is 0 Å². The van der Waals surface area contributed by atoms with Gasteiger partial charge in [-0.25, -0.2) is 0 Å². The second-order valence-electron chi connectivity index (χ2n) is 10.6. The highest BCUT2D eigenvalue weighted by Gasteiger charge is 2.81. The third-order valence-electron chi connectivity index (χ3n) is 8.38. The number of nitrogens with one attached hydrogen (secondary N) is 1. The molecule has 12 heteroatoms. The summed E-state index contributed by atoms with van der Waals surface area (Å²) in [5.74, 6) is -1.52. The molecule has 0 saturated heterocycles. The van der Waals surface area contributed by atoms with Crippen molar-refractivity contribution < 1.29 is 36.0 Å². The number of rotatable bonds is 5. The van der Waals surface area contributed by atoms with Crippen LogP contribution in [0.3, 0.4) is 0 Å².